The zero-order valence-electron chi connectivity index (χ0n) is 28.4. The molecule has 172 valence electrons. The van der Waals surface area contributed by atoms with Crippen LogP contribution in [0.2, 0.25) is 0 Å². The van der Waals surface area contributed by atoms with Gasteiger partial charge < -0.3 is 4.74 Å². The second kappa shape index (κ2) is 7.81. The van der Waals surface area contributed by atoms with Crippen LogP contribution in [0.4, 0.5) is 0 Å². The van der Waals surface area contributed by atoms with E-state index < -0.39 is 36.3 Å². The van der Waals surface area contributed by atoms with E-state index in [2.05, 4.69) is 30.3 Å². The van der Waals surface area contributed by atoms with Crippen molar-refractivity contribution in [3.63, 3.8) is 0 Å². The number of hydrogen-bond acceptors (Lipinski definition) is 1. The third kappa shape index (κ3) is 3.11. The minimum absolute atomic E-state index is 0.00592. The largest absolute Gasteiger partial charge is 0.456 e. The highest BCUT2D eigenvalue weighted by molar-refractivity contribution is 6.12. The minimum atomic E-state index is -0.512. The molecule has 0 atom stereocenters. The van der Waals surface area contributed by atoms with Gasteiger partial charge in [0.2, 0.25) is 0 Å². The van der Waals surface area contributed by atoms with Crippen molar-refractivity contribution in [2.24, 2.45) is 0 Å². The first kappa shape index (κ1) is 13.4. The summed E-state index contributed by atoms with van der Waals surface area (Å²) in [5.41, 5.74) is 2.58. The van der Waals surface area contributed by atoms with E-state index in [1.165, 1.54) is 0 Å². The van der Waals surface area contributed by atoms with Gasteiger partial charge in [0.15, 0.2) is 0 Å². The monoisotopic (exact) mass is 479 g/mol. The van der Waals surface area contributed by atoms with Gasteiger partial charge in [0, 0.05) is 10.9 Å². The number of rotatable bonds is 2. The smallest absolute Gasteiger partial charge is 0.135 e. The van der Waals surface area contributed by atoms with Crippen LogP contribution in [-0.2, 0) is 0 Å². The van der Waals surface area contributed by atoms with Crippen LogP contribution in [0.3, 0.4) is 0 Å². The predicted molar refractivity (Wildman–Crippen MR) is 155 cm³/mol. The van der Waals surface area contributed by atoms with Crippen molar-refractivity contribution in [3.05, 3.63) is 133 Å². The summed E-state index contributed by atoms with van der Waals surface area (Å²) in [6.45, 7) is 0. The molecule has 7 aromatic carbocycles. The van der Waals surface area contributed by atoms with Crippen molar-refractivity contribution < 1.29 is 17.1 Å². The van der Waals surface area contributed by atoms with Crippen LogP contribution in [0, 0.1) is 0 Å². The van der Waals surface area contributed by atoms with Crippen LogP contribution < -0.4 is 4.74 Å². The highest BCUT2D eigenvalue weighted by Gasteiger charge is 2.20. The molecule has 0 unspecified atom stereocenters. The average Bonchev–Trinajstić information content (AvgIpc) is 3.08. The summed E-state index contributed by atoms with van der Waals surface area (Å²) in [5, 5.41) is 4.43. The molecular formula is C36H22O. The van der Waals surface area contributed by atoms with E-state index in [4.69, 9.17) is 15.7 Å². The predicted octanol–water partition coefficient (Wildman–Crippen LogP) is 10.3. The molecule has 0 aliphatic carbocycles. The van der Waals surface area contributed by atoms with E-state index in [-0.39, 0.29) is 57.1 Å². The second-order valence-corrected chi connectivity index (χ2v) is 9.03. The lowest BCUT2D eigenvalue weighted by atomic mass is 9.91. The van der Waals surface area contributed by atoms with Gasteiger partial charge in [-0.3, -0.25) is 0 Å². The third-order valence-corrected chi connectivity index (χ3v) is 6.97. The quantitative estimate of drug-likeness (QED) is 0.224. The molecule has 0 aromatic heterocycles. The molecule has 1 heterocycles. The lowest BCUT2D eigenvalue weighted by Gasteiger charge is -2.22. The van der Waals surface area contributed by atoms with E-state index in [1.807, 2.05) is 36.4 Å². The van der Waals surface area contributed by atoms with Gasteiger partial charge >= 0.3 is 0 Å². The zero-order chi connectivity index (χ0) is 32.2. The third-order valence-electron chi connectivity index (χ3n) is 6.97. The van der Waals surface area contributed by atoms with Crippen LogP contribution in [0.1, 0.15) is 12.3 Å². The Morgan fingerprint density at radius 3 is 2.19 bits per heavy atom. The van der Waals surface area contributed by atoms with Crippen LogP contribution >= 0.6 is 0 Å². The van der Waals surface area contributed by atoms with Gasteiger partial charge in [0.25, 0.3) is 0 Å². The van der Waals surface area contributed by atoms with Gasteiger partial charge in [-0.25, -0.2) is 0 Å². The topological polar surface area (TPSA) is 9.23 Å². The summed E-state index contributed by atoms with van der Waals surface area (Å²) >= 11 is 0. The fourth-order valence-electron chi connectivity index (χ4n) is 5.21. The van der Waals surface area contributed by atoms with Crippen molar-refractivity contribution in [3.8, 4) is 44.9 Å². The van der Waals surface area contributed by atoms with E-state index in [1.54, 1.807) is 12.1 Å². The number of ether oxygens (including phenoxy) is 1. The Labute approximate surface area is 227 Å². The Kier molecular flexibility index (Phi) is 2.84. The van der Waals surface area contributed by atoms with Gasteiger partial charge in [-0.1, -0.05) is 115 Å². The highest BCUT2D eigenvalue weighted by Crippen LogP contribution is 2.47. The SMILES string of the molecule is [2H]c1c([2H])c(-c2ccc(-c3cccc4c3ccc3ccccc34)cc2)c([2H])c2c1Oc1c([2H])c([2H])c([2H])c3c([2H])c([2H])c([2H])c-2c13. The van der Waals surface area contributed by atoms with Crippen molar-refractivity contribution in [1.29, 1.82) is 0 Å². The molecular weight excluding hydrogens is 448 g/mol. The molecule has 37 heavy (non-hydrogen) atoms. The van der Waals surface area contributed by atoms with Gasteiger partial charge in [-0.15, -0.1) is 0 Å². The molecule has 1 aliphatic rings. The van der Waals surface area contributed by atoms with E-state index in [0.717, 1.165) is 32.7 Å². The molecule has 1 heteroatoms. The lowest BCUT2D eigenvalue weighted by Crippen LogP contribution is -1.97. The zero-order valence-corrected chi connectivity index (χ0v) is 19.4. The molecule has 1 aliphatic heterocycles. The summed E-state index contributed by atoms with van der Waals surface area (Å²) in [4.78, 5) is 0. The standard InChI is InChI=1S/C36H22O/c1-2-9-28-24(6-1)18-20-31-29(10-5-11-30(28)31)25-16-14-23(15-17-25)27-19-21-34-33(22-27)32-12-3-7-26-8-4-13-35(37-34)36(26)32/h1-22H/i3D,4D,7D,8D,12D,13D,19D,21D,22D. The maximum Gasteiger partial charge on any atom is 0.135 e. The minimum Gasteiger partial charge on any atom is -0.456 e. The Morgan fingerprint density at radius 2 is 1.27 bits per heavy atom. The normalized spacial score (nSPS) is 15.4. The van der Waals surface area contributed by atoms with Crippen molar-refractivity contribution >= 4 is 32.3 Å². The molecule has 0 N–H and O–H groups in total. The summed E-state index contributed by atoms with van der Waals surface area (Å²) in [5.74, 6) is -0.434. The van der Waals surface area contributed by atoms with Crippen LogP contribution in [0.5, 0.6) is 11.5 Å². The first-order valence-electron chi connectivity index (χ1n) is 16.5. The maximum atomic E-state index is 9.27. The molecule has 0 radical (unpaired) electrons. The summed E-state index contributed by atoms with van der Waals surface area (Å²) in [6, 6.07) is 22.4. The van der Waals surface area contributed by atoms with Crippen molar-refractivity contribution in [2.75, 3.05) is 0 Å². The Morgan fingerprint density at radius 1 is 0.459 bits per heavy atom. The van der Waals surface area contributed by atoms with Gasteiger partial charge in [-0.2, -0.15) is 0 Å². The summed E-state index contributed by atoms with van der Waals surface area (Å²) in [7, 11) is 0. The van der Waals surface area contributed by atoms with Crippen LogP contribution in [0.25, 0.3) is 65.7 Å². The van der Waals surface area contributed by atoms with E-state index in [0.29, 0.717) is 5.56 Å². The van der Waals surface area contributed by atoms with Gasteiger partial charge in [-0.05, 0) is 72.9 Å². The molecule has 0 spiro atoms. The molecule has 8 rings (SSSR count). The fraction of sp³-hybridized carbons (Fsp3) is 0. The van der Waals surface area contributed by atoms with Gasteiger partial charge in [0.05, 0.1) is 12.3 Å². The Hall–Kier alpha value is -4.88. The highest BCUT2D eigenvalue weighted by atomic mass is 16.5. The first-order valence-corrected chi connectivity index (χ1v) is 12.0. The summed E-state index contributed by atoms with van der Waals surface area (Å²) < 4.78 is 83.9. The number of fused-ring (bicyclic) bond motifs is 5. The molecule has 0 saturated carbocycles. The second-order valence-electron chi connectivity index (χ2n) is 9.03. The average molecular weight is 480 g/mol. The van der Waals surface area contributed by atoms with Crippen LogP contribution in [-0.4, -0.2) is 0 Å². The van der Waals surface area contributed by atoms with Crippen LogP contribution in [0.15, 0.2) is 133 Å². The maximum absolute atomic E-state index is 9.27. The summed E-state index contributed by atoms with van der Waals surface area (Å²) in [6.07, 6.45) is 0. The fourth-order valence-corrected chi connectivity index (χ4v) is 5.21. The van der Waals surface area contributed by atoms with E-state index >= 15 is 0 Å². The molecule has 7 aromatic rings. The Bertz CT molecular complexity index is 2480. The van der Waals surface area contributed by atoms with Gasteiger partial charge in [0.1, 0.15) is 11.5 Å². The first-order chi connectivity index (χ1) is 22.1. The number of benzene rings is 7. The molecule has 0 fully saturated rings. The molecule has 0 saturated heterocycles. The molecule has 1 nitrogen and oxygen atoms in total. The van der Waals surface area contributed by atoms with E-state index in [9.17, 15) is 1.37 Å². The molecule has 0 bridgehead atoms. The Balaban J connectivity index is 1.34. The number of hydrogen-bond donors (Lipinski definition) is 0. The lowest BCUT2D eigenvalue weighted by molar-refractivity contribution is 0.487. The van der Waals surface area contributed by atoms with Crippen molar-refractivity contribution in [1.82, 2.24) is 0 Å². The molecule has 0 amide bonds. The van der Waals surface area contributed by atoms with Crippen molar-refractivity contribution in [2.45, 2.75) is 0 Å².